The van der Waals surface area contributed by atoms with Crippen LogP contribution in [0.5, 0.6) is 5.75 Å². The van der Waals surface area contributed by atoms with Gasteiger partial charge < -0.3 is 14.8 Å². The van der Waals surface area contributed by atoms with Gasteiger partial charge in [-0.3, -0.25) is 9.69 Å². The largest absolute Gasteiger partial charge is 0.494 e. The summed E-state index contributed by atoms with van der Waals surface area (Å²) >= 11 is 0. The van der Waals surface area contributed by atoms with E-state index in [2.05, 4.69) is 28.4 Å². The molecule has 1 heterocycles. The Kier molecular flexibility index (Phi) is 7.88. The predicted molar refractivity (Wildman–Crippen MR) is 111 cm³/mol. The van der Waals surface area contributed by atoms with Crippen LogP contribution < -0.4 is 10.1 Å². The van der Waals surface area contributed by atoms with Crippen LogP contribution in [0.4, 0.5) is 0 Å². The van der Waals surface area contributed by atoms with Crippen molar-refractivity contribution in [3.8, 4) is 5.75 Å². The van der Waals surface area contributed by atoms with Crippen LogP contribution in [-0.4, -0.2) is 50.3 Å². The third-order valence-corrected chi connectivity index (χ3v) is 4.86. The lowest BCUT2D eigenvalue weighted by molar-refractivity contribution is 0.0342. The molecule has 0 aromatic heterocycles. The molecule has 0 atom stereocenters. The maximum absolute atomic E-state index is 12.5. The predicted octanol–water partition coefficient (Wildman–Crippen LogP) is 3.28. The molecule has 0 aliphatic carbocycles. The number of hydrogen-bond acceptors (Lipinski definition) is 4. The van der Waals surface area contributed by atoms with E-state index in [1.807, 2.05) is 37.3 Å². The zero-order chi connectivity index (χ0) is 19.6. The quantitative estimate of drug-likeness (QED) is 0.676. The van der Waals surface area contributed by atoms with Gasteiger partial charge in [0.25, 0.3) is 5.91 Å². The third kappa shape index (κ3) is 6.36. The normalized spacial score (nSPS) is 14.6. The number of rotatable bonds is 9. The molecule has 0 radical (unpaired) electrons. The molecule has 1 fully saturated rings. The minimum absolute atomic E-state index is 0.00415. The molecule has 0 bridgehead atoms. The van der Waals surface area contributed by atoms with Crippen LogP contribution in [0.1, 0.15) is 34.8 Å². The Morgan fingerprint density at radius 1 is 1.11 bits per heavy atom. The summed E-state index contributed by atoms with van der Waals surface area (Å²) < 4.78 is 10.8. The van der Waals surface area contributed by atoms with Gasteiger partial charge in [-0.1, -0.05) is 24.3 Å². The Labute approximate surface area is 167 Å². The number of carbonyl (C=O) groups excluding carboxylic acids is 1. The SMILES string of the molecule is CCOc1ccc(CCCNC(=O)c2cccc(CN3CCOCC3)c2)cc1. The number of carbonyl (C=O) groups is 1. The van der Waals surface area contributed by atoms with Crippen molar-refractivity contribution in [3.63, 3.8) is 0 Å². The Balaban J connectivity index is 1.42. The van der Waals surface area contributed by atoms with Crippen LogP contribution in [0, 0.1) is 0 Å². The van der Waals surface area contributed by atoms with Crippen molar-refractivity contribution >= 4 is 5.91 Å². The topological polar surface area (TPSA) is 50.8 Å². The van der Waals surface area contributed by atoms with E-state index in [9.17, 15) is 4.79 Å². The van der Waals surface area contributed by atoms with E-state index in [0.717, 1.165) is 57.0 Å². The standard InChI is InChI=1S/C23H30N2O3/c1-2-28-22-10-8-19(9-11-22)6-4-12-24-23(26)21-7-3-5-20(17-21)18-25-13-15-27-16-14-25/h3,5,7-11,17H,2,4,6,12-16,18H2,1H3,(H,24,26). The monoisotopic (exact) mass is 382 g/mol. The molecule has 1 aliphatic rings. The Morgan fingerprint density at radius 3 is 2.64 bits per heavy atom. The molecule has 0 unspecified atom stereocenters. The van der Waals surface area contributed by atoms with Gasteiger partial charge in [-0.05, 0) is 55.2 Å². The van der Waals surface area contributed by atoms with Gasteiger partial charge in [-0.25, -0.2) is 0 Å². The molecular formula is C23H30N2O3. The summed E-state index contributed by atoms with van der Waals surface area (Å²) in [4.78, 5) is 14.8. The summed E-state index contributed by atoms with van der Waals surface area (Å²) in [5.74, 6) is 0.895. The second-order valence-corrected chi connectivity index (χ2v) is 7.03. The van der Waals surface area contributed by atoms with E-state index < -0.39 is 0 Å². The molecule has 2 aromatic rings. The lowest BCUT2D eigenvalue weighted by Gasteiger charge is -2.26. The summed E-state index contributed by atoms with van der Waals surface area (Å²) in [5, 5.41) is 3.03. The number of nitrogens with zero attached hydrogens (tertiary/aromatic N) is 1. The summed E-state index contributed by atoms with van der Waals surface area (Å²) in [5.41, 5.74) is 3.15. The highest BCUT2D eigenvalue weighted by atomic mass is 16.5. The molecule has 0 spiro atoms. The highest BCUT2D eigenvalue weighted by Crippen LogP contribution is 2.13. The van der Waals surface area contributed by atoms with E-state index in [4.69, 9.17) is 9.47 Å². The van der Waals surface area contributed by atoms with Crippen molar-refractivity contribution in [2.45, 2.75) is 26.3 Å². The Hall–Kier alpha value is -2.37. The van der Waals surface area contributed by atoms with E-state index in [1.54, 1.807) is 0 Å². The molecule has 2 aromatic carbocycles. The summed E-state index contributed by atoms with van der Waals surface area (Å²) in [7, 11) is 0. The summed E-state index contributed by atoms with van der Waals surface area (Å²) in [6.45, 7) is 7.66. The second kappa shape index (κ2) is 10.8. The Morgan fingerprint density at radius 2 is 1.89 bits per heavy atom. The average Bonchev–Trinajstić information content (AvgIpc) is 2.73. The maximum atomic E-state index is 12.5. The van der Waals surface area contributed by atoms with Gasteiger partial charge in [0.2, 0.25) is 0 Å². The van der Waals surface area contributed by atoms with Crippen LogP contribution in [-0.2, 0) is 17.7 Å². The fourth-order valence-corrected chi connectivity index (χ4v) is 3.34. The van der Waals surface area contributed by atoms with Gasteiger partial charge in [-0.15, -0.1) is 0 Å². The Bertz CT molecular complexity index is 740. The molecule has 3 rings (SSSR count). The number of benzene rings is 2. The van der Waals surface area contributed by atoms with Crippen LogP contribution in [0.3, 0.4) is 0 Å². The molecule has 0 saturated carbocycles. The van der Waals surface area contributed by atoms with Crippen LogP contribution in [0.15, 0.2) is 48.5 Å². The molecule has 5 nitrogen and oxygen atoms in total. The highest BCUT2D eigenvalue weighted by molar-refractivity contribution is 5.94. The van der Waals surface area contributed by atoms with Crippen molar-refractivity contribution in [2.75, 3.05) is 39.5 Å². The van der Waals surface area contributed by atoms with Gasteiger partial charge in [0.05, 0.1) is 19.8 Å². The molecular weight excluding hydrogens is 352 g/mol. The first-order chi connectivity index (χ1) is 13.7. The molecule has 1 N–H and O–H groups in total. The van der Waals surface area contributed by atoms with Gasteiger partial charge >= 0.3 is 0 Å². The average molecular weight is 383 g/mol. The van der Waals surface area contributed by atoms with Gasteiger partial charge in [0, 0.05) is 31.7 Å². The first-order valence-electron chi connectivity index (χ1n) is 10.1. The second-order valence-electron chi connectivity index (χ2n) is 7.03. The van der Waals surface area contributed by atoms with Gasteiger partial charge in [0.15, 0.2) is 0 Å². The number of aryl methyl sites for hydroxylation is 1. The lowest BCUT2D eigenvalue weighted by Crippen LogP contribution is -2.35. The smallest absolute Gasteiger partial charge is 0.251 e. The first kappa shape index (κ1) is 20.4. The molecule has 150 valence electrons. The number of ether oxygens (including phenoxy) is 2. The highest BCUT2D eigenvalue weighted by Gasteiger charge is 2.12. The van der Waals surface area contributed by atoms with Crippen molar-refractivity contribution in [3.05, 3.63) is 65.2 Å². The summed E-state index contributed by atoms with van der Waals surface area (Å²) in [6, 6.07) is 16.1. The van der Waals surface area contributed by atoms with Crippen molar-refractivity contribution in [1.82, 2.24) is 10.2 Å². The minimum Gasteiger partial charge on any atom is -0.494 e. The number of nitrogens with one attached hydrogen (secondary N) is 1. The molecule has 5 heteroatoms. The van der Waals surface area contributed by atoms with Gasteiger partial charge in [-0.2, -0.15) is 0 Å². The van der Waals surface area contributed by atoms with Crippen LogP contribution >= 0.6 is 0 Å². The molecule has 1 amide bonds. The molecule has 1 saturated heterocycles. The van der Waals surface area contributed by atoms with E-state index in [0.29, 0.717) is 13.2 Å². The zero-order valence-electron chi connectivity index (χ0n) is 16.7. The molecule has 28 heavy (non-hydrogen) atoms. The lowest BCUT2D eigenvalue weighted by atomic mass is 10.1. The van der Waals surface area contributed by atoms with Crippen LogP contribution in [0.2, 0.25) is 0 Å². The number of amides is 1. The maximum Gasteiger partial charge on any atom is 0.251 e. The fraction of sp³-hybridized carbons (Fsp3) is 0.435. The number of hydrogen-bond donors (Lipinski definition) is 1. The van der Waals surface area contributed by atoms with E-state index >= 15 is 0 Å². The third-order valence-electron chi connectivity index (χ3n) is 4.86. The summed E-state index contributed by atoms with van der Waals surface area (Å²) in [6.07, 6.45) is 1.84. The molecule has 1 aliphatic heterocycles. The van der Waals surface area contributed by atoms with Crippen LogP contribution in [0.25, 0.3) is 0 Å². The van der Waals surface area contributed by atoms with E-state index in [1.165, 1.54) is 11.1 Å². The van der Waals surface area contributed by atoms with Crippen molar-refractivity contribution < 1.29 is 14.3 Å². The van der Waals surface area contributed by atoms with Crippen molar-refractivity contribution in [2.24, 2.45) is 0 Å². The van der Waals surface area contributed by atoms with Crippen molar-refractivity contribution in [1.29, 1.82) is 0 Å². The van der Waals surface area contributed by atoms with E-state index in [-0.39, 0.29) is 5.91 Å². The minimum atomic E-state index is -0.00415. The first-order valence-corrected chi connectivity index (χ1v) is 10.1. The zero-order valence-corrected chi connectivity index (χ0v) is 16.7. The fourth-order valence-electron chi connectivity index (χ4n) is 3.34. The van der Waals surface area contributed by atoms with Gasteiger partial charge in [0.1, 0.15) is 5.75 Å². The number of morpholine rings is 1.